The van der Waals surface area contributed by atoms with Crippen molar-refractivity contribution in [2.24, 2.45) is 5.10 Å². The number of ether oxygens (including phenoxy) is 2. The number of hydrogen-bond donors (Lipinski definition) is 2. The fraction of sp³-hybridized carbons (Fsp3) is 0.222. The van der Waals surface area contributed by atoms with E-state index in [1.54, 1.807) is 32.0 Å². The Morgan fingerprint density at radius 2 is 2.07 bits per heavy atom. The van der Waals surface area contributed by atoms with Crippen LogP contribution in [0.5, 0.6) is 17.2 Å². The Balaban J connectivity index is 1.97. The predicted octanol–water partition coefficient (Wildman–Crippen LogP) is 3.14. The summed E-state index contributed by atoms with van der Waals surface area (Å²) in [4.78, 5) is 22.3. The second-order valence-electron chi connectivity index (χ2n) is 5.59. The molecule has 0 radical (unpaired) electrons. The first-order valence-corrected chi connectivity index (χ1v) is 9.24. The number of hydrogen-bond acceptors (Lipinski definition) is 7. The normalized spacial score (nSPS) is 10.7. The minimum atomic E-state index is -0.579. The number of hydrazone groups is 1. The van der Waals surface area contributed by atoms with Crippen molar-refractivity contribution < 1.29 is 24.3 Å². The van der Waals surface area contributed by atoms with Gasteiger partial charge < -0.3 is 14.6 Å². The molecule has 0 fully saturated rings. The third-order valence-corrected chi connectivity index (χ3v) is 4.25. The molecule has 2 aromatic rings. The van der Waals surface area contributed by atoms with Gasteiger partial charge in [0.1, 0.15) is 0 Å². The van der Waals surface area contributed by atoms with Crippen molar-refractivity contribution in [1.82, 2.24) is 5.43 Å². The summed E-state index contributed by atoms with van der Waals surface area (Å²) in [7, 11) is 0. The van der Waals surface area contributed by atoms with Crippen LogP contribution in [0, 0.1) is 20.6 Å². The molecule has 0 aromatic heterocycles. The molecule has 0 aliphatic rings. The standard InChI is InChI=1S/C18H18IN3O6/c1-3-27-16-8-12(7-13(19)18(16)24)9-20-21-17(23)10-28-15-5-4-11(2)6-14(15)22(25)26/h4-9,24H,3,10H2,1-2H3,(H,21,23). The summed E-state index contributed by atoms with van der Waals surface area (Å²) in [5.41, 5.74) is 3.39. The number of aromatic hydroxyl groups is 1. The Kier molecular flexibility index (Phi) is 7.55. The van der Waals surface area contributed by atoms with Crippen LogP contribution in [0.4, 0.5) is 5.69 Å². The second-order valence-corrected chi connectivity index (χ2v) is 6.75. The first kappa shape index (κ1) is 21.4. The molecule has 0 saturated carbocycles. The molecule has 0 atom stereocenters. The van der Waals surface area contributed by atoms with Crippen molar-refractivity contribution in [2.45, 2.75) is 13.8 Å². The van der Waals surface area contributed by atoms with Gasteiger partial charge in [-0.1, -0.05) is 6.07 Å². The molecule has 2 rings (SSSR count). The fourth-order valence-corrected chi connectivity index (χ4v) is 2.81. The van der Waals surface area contributed by atoms with E-state index in [-0.39, 0.29) is 17.2 Å². The van der Waals surface area contributed by atoms with Gasteiger partial charge in [-0.05, 0) is 65.8 Å². The number of carbonyl (C=O) groups excluding carboxylic acids is 1. The first-order valence-electron chi connectivity index (χ1n) is 8.16. The van der Waals surface area contributed by atoms with Crippen LogP contribution in [-0.4, -0.2) is 35.4 Å². The smallest absolute Gasteiger partial charge is 0.311 e. The summed E-state index contributed by atoms with van der Waals surface area (Å²) in [6, 6.07) is 7.72. The lowest BCUT2D eigenvalue weighted by Gasteiger charge is -2.08. The summed E-state index contributed by atoms with van der Waals surface area (Å²) in [5, 5.41) is 24.8. The molecular weight excluding hydrogens is 481 g/mol. The number of halogens is 1. The number of amides is 1. The highest BCUT2D eigenvalue weighted by molar-refractivity contribution is 14.1. The lowest BCUT2D eigenvalue weighted by Crippen LogP contribution is -2.24. The summed E-state index contributed by atoms with van der Waals surface area (Å²) < 4.78 is 11.1. The lowest BCUT2D eigenvalue weighted by molar-refractivity contribution is -0.385. The average Bonchev–Trinajstić information content (AvgIpc) is 2.64. The van der Waals surface area contributed by atoms with E-state index in [9.17, 15) is 20.0 Å². The number of nitro groups is 1. The number of nitrogens with one attached hydrogen (secondary N) is 1. The highest BCUT2D eigenvalue weighted by Crippen LogP contribution is 2.32. The van der Waals surface area contributed by atoms with Crippen molar-refractivity contribution in [3.05, 3.63) is 55.1 Å². The number of benzene rings is 2. The third-order valence-electron chi connectivity index (χ3n) is 3.42. The van der Waals surface area contributed by atoms with Crippen molar-refractivity contribution in [3.8, 4) is 17.2 Å². The van der Waals surface area contributed by atoms with E-state index in [0.717, 1.165) is 0 Å². The van der Waals surface area contributed by atoms with Gasteiger partial charge in [0, 0.05) is 6.07 Å². The Labute approximate surface area is 174 Å². The van der Waals surface area contributed by atoms with Crippen molar-refractivity contribution in [3.63, 3.8) is 0 Å². The van der Waals surface area contributed by atoms with Crippen LogP contribution < -0.4 is 14.9 Å². The van der Waals surface area contributed by atoms with Crippen LogP contribution in [-0.2, 0) is 4.79 Å². The molecule has 0 aliphatic heterocycles. The molecule has 9 nitrogen and oxygen atoms in total. The van der Waals surface area contributed by atoms with Crippen LogP contribution in [0.2, 0.25) is 0 Å². The lowest BCUT2D eigenvalue weighted by atomic mass is 10.2. The Morgan fingerprint density at radius 1 is 1.32 bits per heavy atom. The highest BCUT2D eigenvalue weighted by Gasteiger charge is 2.16. The van der Waals surface area contributed by atoms with Gasteiger partial charge in [-0.3, -0.25) is 14.9 Å². The van der Waals surface area contributed by atoms with Crippen LogP contribution in [0.15, 0.2) is 35.4 Å². The number of carbonyl (C=O) groups is 1. The van der Waals surface area contributed by atoms with Gasteiger partial charge in [0.05, 0.1) is 21.3 Å². The molecule has 0 heterocycles. The van der Waals surface area contributed by atoms with Crippen molar-refractivity contribution in [1.29, 1.82) is 0 Å². The number of nitrogens with zero attached hydrogens (tertiary/aromatic N) is 2. The van der Waals surface area contributed by atoms with Crippen LogP contribution in [0.25, 0.3) is 0 Å². The largest absolute Gasteiger partial charge is 0.504 e. The molecule has 0 saturated heterocycles. The molecular formula is C18H18IN3O6. The van der Waals surface area contributed by atoms with E-state index < -0.39 is 17.4 Å². The predicted molar refractivity (Wildman–Crippen MR) is 111 cm³/mol. The molecule has 0 bridgehead atoms. The van der Waals surface area contributed by atoms with E-state index in [1.165, 1.54) is 18.3 Å². The maximum atomic E-state index is 11.9. The summed E-state index contributed by atoms with van der Waals surface area (Å²) in [6.07, 6.45) is 1.39. The molecule has 0 aliphatic carbocycles. The molecule has 2 N–H and O–H groups in total. The van der Waals surface area contributed by atoms with Gasteiger partial charge in [0.2, 0.25) is 0 Å². The Bertz CT molecular complexity index is 916. The van der Waals surface area contributed by atoms with Crippen molar-refractivity contribution in [2.75, 3.05) is 13.2 Å². The van der Waals surface area contributed by atoms with E-state index in [2.05, 4.69) is 10.5 Å². The maximum Gasteiger partial charge on any atom is 0.311 e. The molecule has 0 spiro atoms. The van der Waals surface area contributed by atoms with Crippen LogP contribution in [0.1, 0.15) is 18.1 Å². The SMILES string of the molecule is CCOc1cc(C=NNC(=O)COc2ccc(C)cc2[N+](=O)[O-])cc(I)c1O. The highest BCUT2D eigenvalue weighted by atomic mass is 127. The molecule has 10 heteroatoms. The zero-order chi connectivity index (χ0) is 20.7. The van der Waals surface area contributed by atoms with Crippen LogP contribution >= 0.6 is 22.6 Å². The minimum absolute atomic E-state index is 0.00386. The first-order chi connectivity index (χ1) is 13.3. The van der Waals surface area contributed by atoms with E-state index in [0.29, 0.717) is 27.1 Å². The monoisotopic (exact) mass is 499 g/mol. The summed E-state index contributed by atoms with van der Waals surface area (Å²) >= 11 is 1.96. The average molecular weight is 499 g/mol. The van der Waals surface area contributed by atoms with Gasteiger partial charge in [-0.15, -0.1) is 0 Å². The van der Waals surface area contributed by atoms with Gasteiger partial charge in [0.25, 0.3) is 5.91 Å². The number of nitro benzene ring substituents is 1. The van der Waals surface area contributed by atoms with Crippen molar-refractivity contribution >= 4 is 40.4 Å². The summed E-state index contributed by atoms with van der Waals surface area (Å²) in [5.74, 6) is -0.220. The van der Waals surface area contributed by atoms with E-state index >= 15 is 0 Å². The van der Waals surface area contributed by atoms with E-state index in [4.69, 9.17) is 9.47 Å². The second kappa shape index (κ2) is 9.88. The fourth-order valence-electron chi connectivity index (χ4n) is 2.18. The molecule has 28 heavy (non-hydrogen) atoms. The quantitative estimate of drug-likeness (QED) is 0.249. The summed E-state index contributed by atoms with van der Waals surface area (Å²) in [6.45, 7) is 3.48. The number of aryl methyl sites for hydroxylation is 1. The minimum Gasteiger partial charge on any atom is -0.504 e. The zero-order valence-corrected chi connectivity index (χ0v) is 17.3. The third kappa shape index (κ3) is 5.81. The molecule has 148 valence electrons. The topological polar surface area (TPSA) is 123 Å². The van der Waals surface area contributed by atoms with Gasteiger partial charge in [-0.25, -0.2) is 5.43 Å². The molecule has 2 aromatic carbocycles. The van der Waals surface area contributed by atoms with E-state index in [1.807, 2.05) is 22.6 Å². The zero-order valence-electron chi connectivity index (χ0n) is 15.1. The van der Waals surface area contributed by atoms with Gasteiger partial charge in [0.15, 0.2) is 23.9 Å². The van der Waals surface area contributed by atoms with Crippen LogP contribution in [0.3, 0.4) is 0 Å². The Morgan fingerprint density at radius 3 is 2.75 bits per heavy atom. The van der Waals surface area contributed by atoms with Gasteiger partial charge in [-0.2, -0.15) is 5.10 Å². The maximum absolute atomic E-state index is 11.9. The number of phenols is 1. The molecule has 0 unspecified atom stereocenters. The molecule has 1 amide bonds. The van der Waals surface area contributed by atoms with Gasteiger partial charge >= 0.3 is 5.69 Å². The Hall–Kier alpha value is -2.89. The number of rotatable bonds is 8. The number of phenolic OH excluding ortho intramolecular Hbond substituents is 1.